The van der Waals surface area contributed by atoms with E-state index in [1.54, 1.807) is 22.5 Å². The standard InChI is InChI=1S/C19H21BrFN3O4/c1-3-22-10-13(19(27)28)17(25)12-8-14(21)16(9-15(12)22)23-4-6-24(7-5-23)18(26)11(2)20/h8-11H,3-7H2,1-2H3,(H,27,28). The smallest absolute Gasteiger partial charge is 0.341 e. The summed E-state index contributed by atoms with van der Waals surface area (Å²) in [6.45, 7) is 5.93. The van der Waals surface area contributed by atoms with Crippen LogP contribution in [0.3, 0.4) is 0 Å². The maximum Gasteiger partial charge on any atom is 0.341 e. The lowest BCUT2D eigenvalue weighted by Crippen LogP contribution is -2.50. The lowest BCUT2D eigenvalue weighted by molar-refractivity contribution is -0.130. The van der Waals surface area contributed by atoms with Crippen LogP contribution in [-0.2, 0) is 11.3 Å². The minimum absolute atomic E-state index is 0.000319. The van der Waals surface area contributed by atoms with Gasteiger partial charge in [0.25, 0.3) is 0 Å². The number of pyridine rings is 1. The van der Waals surface area contributed by atoms with E-state index in [2.05, 4.69) is 15.9 Å². The van der Waals surface area contributed by atoms with E-state index in [0.717, 1.165) is 6.07 Å². The highest BCUT2D eigenvalue weighted by Crippen LogP contribution is 2.26. The van der Waals surface area contributed by atoms with Gasteiger partial charge in [-0.2, -0.15) is 0 Å². The Labute approximate surface area is 169 Å². The van der Waals surface area contributed by atoms with Gasteiger partial charge in [-0.3, -0.25) is 9.59 Å². The van der Waals surface area contributed by atoms with Crippen LogP contribution in [0.25, 0.3) is 10.9 Å². The number of carboxylic acid groups (broad SMARTS) is 1. The van der Waals surface area contributed by atoms with Crippen LogP contribution in [0, 0.1) is 5.82 Å². The number of aromatic carboxylic acids is 1. The van der Waals surface area contributed by atoms with Crippen LogP contribution in [0.1, 0.15) is 24.2 Å². The third kappa shape index (κ3) is 3.63. The fourth-order valence-electron chi connectivity index (χ4n) is 3.48. The molecular weight excluding hydrogens is 433 g/mol. The number of rotatable bonds is 4. The first kappa shape index (κ1) is 20.3. The first-order valence-corrected chi connectivity index (χ1v) is 9.94. The highest BCUT2D eigenvalue weighted by molar-refractivity contribution is 9.10. The van der Waals surface area contributed by atoms with Crippen molar-refractivity contribution in [3.05, 3.63) is 39.9 Å². The summed E-state index contributed by atoms with van der Waals surface area (Å²) in [6, 6.07) is 2.70. The van der Waals surface area contributed by atoms with Crippen molar-refractivity contribution >= 4 is 44.4 Å². The zero-order chi connectivity index (χ0) is 20.6. The Kier molecular flexibility index (Phi) is 5.74. The van der Waals surface area contributed by atoms with Gasteiger partial charge >= 0.3 is 5.97 Å². The van der Waals surface area contributed by atoms with Gasteiger partial charge in [0, 0.05) is 44.3 Å². The molecule has 9 heteroatoms. The molecule has 1 aliphatic rings. The maximum atomic E-state index is 14.8. The third-order valence-electron chi connectivity index (χ3n) is 4.99. The predicted octanol–water partition coefficient (Wildman–Crippen LogP) is 2.29. The van der Waals surface area contributed by atoms with E-state index in [4.69, 9.17) is 0 Å². The van der Waals surface area contributed by atoms with Crippen LogP contribution in [0.15, 0.2) is 23.1 Å². The average Bonchev–Trinajstić information content (AvgIpc) is 2.67. The fraction of sp³-hybridized carbons (Fsp3) is 0.421. The first-order chi connectivity index (χ1) is 13.2. The monoisotopic (exact) mass is 453 g/mol. The molecule has 1 saturated heterocycles. The Bertz CT molecular complexity index is 997. The number of halogens is 2. The number of carboxylic acids is 1. The van der Waals surface area contributed by atoms with Crippen LogP contribution in [-0.4, -0.2) is 57.5 Å². The molecule has 1 fully saturated rings. The highest BCUT2D eigenvalue weighted by Gasteiger charge is 2.26. The zero-order valence-electron chi connectivity index (χ0n) is 15.6. The number of hydrogen-bond donors (Lipinski definition) is 1. The van der Waals surface area contributed by atoms with Crippen molar-refractivity contribution < 1.29 is 19.1 Å². The quantitative estimate of drug-likeness (QED) is 0.718. The van der Waals surface area contributed by atoms with Crippen molar-refractivity contribution in [3.63, 3.8) is 0 Å². The van der Waals surface area contributed by atoms with Crippen LogP contribution < -0.4 is 10.3 Å². The van der Waals surface area contributed by atoms with Gasteiger partial charge < -0.3 is 19.5 Å². The second kappa shape index (κ2) is 7.90. The van der Waals surface area contributed by atoms with Crippen molar-refractivity contribution in [3.8, 4) is 0 Å². The molecule has 0 spiro atoms. The normalized spacial score (nSPS) is 15.7. The van der Waals surface area contributed by atoms with Crippen LogP contribution in [0.2, 0.25) is 0 Å². The van der Waals surface area contributed by atoms with E-state index in [0.29, 0.717) is 43.9 Å². The van der Waals surface area contributed by atoms with Gasteiger partial charge in [0.2, 0.25) is 11.3 Å². The Morgan fingerprint density at radius 2 is 1.89 bits per heavy atom. The van der Waals surface area contributed by atoms with Crippen molar-refractivity contribution in [2.45, 2.75) is 25.2 Å². The summed E-state index contributed by atoms with van der Waals surface area (Å²) in [4.78, 5) is 39.2. The van der Waals surface area contributed by atoms with E-state index in [-0.39, 0.29) is 21.7 Å². The van der Waals surface area contributed by atoms with E-state index >= 15 is 0 Å². The van der Waals surface area contributed by atoms with Crippen molar-refractivity contribution in [2.24, 2.45) is 0 Å². The van der Waals surface area contributed by atoms with Gasteiger partial charge in [-0.25, -0.2) is 9.18 Å². The Balaban J connectivity index is 1.99. The maximum absolute atomic E-state index is 14.8. The van der Waals surface area contributed by atoms with E-state index < -0.39 is 17.2 Å². The Morgan fingerprint density at radius 3 is 2.43 bits per heavy atom. The molecule has 1 unspecified atom stereocenters. The number of carbonyl (C=O) groups excluding carboxylic acids is 1. The van der Waals surface area contributed by atoms with Gasteiger partial charge in [-0.1, -0.05) is 15.9 Å². The number of benzene rings is 1. The molecule has 2 heterocycles. The second-order valence-electron chi connectivity index (χ2n) is 6.71. The summed E-state index contributed by atoms with van der Waals surface area (Å²) in [5.41, 5.74) is -0.241. The largest absolute Gasteiger partial charge is 0.477 e. The molecule has 0 radical (unpaired) electrons. The number of alkyl halides is 1. The predicted molar refractivity (Wildman–Crippen MR) is 108 cm³/mol. The van der Waals surface area contributed by atoms with Gasteiger partial charge in [-0.05, 0) is 26.0 Å². The molecule has 1 N–H and O–H groups in total. The van der Waals surface area contributed by atoms with Crippen molar-refractivity contribution in [1.82, 2.24) is 9.47 Å². The SMILES string of the molecule is CCn1cc(C(=O)O)c(=O)c2cc(F)c(N3CCN(C(=O)C(C)Br)CC3)cc21. The summed E-state index contributed by atoms with van der Waals surface area (Å²) < 4.78 is 16.4. The summed E-state index contributed by atoms with van der Waals surface area (Å²) in [6.07, 6.45) is 1.29. The van der Waals surface area contributed by atoms with Gasteiger partial charge in [0.1, 0.15) is 11.4 Å². The molecule has 3 rings (SSSR count). The van der Waals surface area contributed by atoms with E-state index in [1.165, 1.54) is 6.20 Å². The molecule has 2 aromatic rings. The van der Waals surface area contributed by atoms with E-state index in [1.807, 2.05) is 11.8 Å². The minimum Gasteiger partial charge on any atom is -0.477 e. The molecule has 0 saturated carbocycles. The Morgan fingerprint density at radius 1 is 1.25 bits per heavy atom. The molecule has 28 heavy (non-hydrogen) atoms. The molecule has 7 nitrogen and oxygen atoms in total. The van der Waals surface area contributed by atoms with Gasteiger partial charge in [0.15, 0.2) is 0 Å². The molecule has 1 aromatic carbocycles. The van der Waals surface area contributed by atoms with Crippen LogP contribution in [0.5, 0.6) is 0 Å². The molecule has 1 aromatic heterocycles. The van der Waals surface area contributed by atoms with Crippen molar-refractivity contribution in [1.29, 1.82) is 0 Å². The third-order valence-corrected chi connectivity index (χ3v) is 5.38. The summed E-state index contributed by atoms with van der Waals surface area (Å²) >= 11 is 3.27. The van der Waals surface area contributed by atoms with E-state index in [9.17, 15) is 23.9 Å². The molecule has 1 aliphatic heterocycles. The topological polar surface area (TPSA) is 82.8 Å². The average molecular weight is 454 g/mol. The number of hydrogen-bond acceptors (Lipinski definition) is 4. The van der Waals surface area contributed by atoms with Crippen molar-refractivity contribution in [2.75, 3.05) is 31.1 Å². The Hall–Kier alpha value is -2.42. The number of carbonyl (C=O) groups is 2. The number of nitrogens with zero attached hydrogens (tertiary/aromatic N) is 3. The summed E-state index contributed by atoms with van der Waals surface area (Å²) in [5.74, 6) is -1.91. The number of piperazine rings is 1. The number of aryl methyl sites for hydroxylation is 1. The first-order valence-electron chi connectivity index (χ1n) is 9.02. The van der Waals surface area contributed by atoms with Crippen LogP contribution >= 0.6 is 15.9 Å². The van der Waals surface area contributed by atoms with Gasteiger partial charge in [0.05, 0.1) is 16.0 Å². The second-order valence-corrected chi connectivity index (χ2v) is 8.09. The number of fused-ring (bicyclic) bond motifs is 1. The minimum atomic E-state index is -1.33. The molecule has 0 aliphatic carbocycles. The molecule has 150 valence electrons. The number of amides is 1. The summed E-state index contributed by atoms with van der Waals surface area (Å²) in [5, 5.41) is 9.28. The molecular formula is C19H21BrFN3O4. The summed E-state index contributed by atoms with van der Waals surface area (Å²) in [7, 11) is 0. The number of anilines is 1. The van der Waals surface area contributed by atoms with Gasteiger partial charge in [-0.15, -0.1) is 0 Å². The fourth-order valence-corrected chi connectivity index (χ4v) is 3.76. The zero-order valence-corrected chi connectivity index (χ0v) is 17.2. The molecule has 0 bridgehead atoms. The molecule has 1 atom stereocenters. The highest BCUT2D eigenvalue weighted by atomic mass is 79.9. The molecule has 1 amide bonds. The van der Waals surface area contributed by atoms with Crippen LogP contribution in [0.4, 0.5) is 10.1 Å². The number of aromatic nitrogens is 1. The lowest BCUT2D eigenvalue weighted by atomic mass is 10.1. The lowest BCUT2D eigenvalue weighted by Gasteiger charge is -2.37.